The molecule has 0 spiro atoms. The van der Waals surface area contributed by atoms with Crippen LogP contribution in [-0.2, 0) is 9.53 Å². The van der Waals surface area contributed by atoms with Crippen LogP contribution in [0.3, 0.4) is 0 Å². The summed E-state index contributed by atoms with van der Waals surface area (Å²) in [6, 6.07) is 0. The van der Waals surface area contributed by atoms with Crippen LogP contribution in [0, 0.1) is 0 Å². The highest BCUT2D eigenvalue weighted by Crippen LogP contribution is 2.21. The average molecular weight is 583 g/mol. The Kier molecular flexibility index (Phi) is 23.7. The molecule has 0 aromatic heterocycles. The molecule has 6 heteroatoms. The first-order chi connectivity index (χ1) is 19.8. The van der Waals surface area contributed by atoms with Gasteiger partial charge in [-0.15, -0.1) is 0 Å². The van der Waals surface area contributed by atoms with Gasteiger partial charge < -0.3 is 25.2 Å². The number of ether oxygens (including phenoxy) is 1. The number of rotatable bonds is 29. The first kappa shape index (κ1) is 38.1. The Morgan fingerprint density at radius 3 is 1.37 bits per heavy atom. The third kappa shape index (κ3) is 21.4. The molecule has 0 aromatic carbocycles. The maximum Gasteiger partial charge on any atom is 0.334 e. The molecule has 0 amide bonds. The zero-order chi connectivity index (χ0) is 30.1. The van der Waals surface area contributed by atoms with Gasteiger partial charge in [0.15, 0.2) is 0 Å². The molecule has 6 nitrogen and oxygen atoms in total. The highest BCUT2D eigenvalue weighted by Gasteiger charge is 2.24. The smallest absolute Gasteiger partial charge is 0.334 e. The standard InChI is InChI=1S/C35H66O6/c1-3-4-5-6-7-8-9-10-11-12-13-20-25-33(38)34(39)26-21-15-14-17-22-31(36)23-18-16-19-24-32(37)28-30-27-29(2)41-35(30)40/h27,29,31-34,36-39H,3-26,28H2,1-2H3/t29-,31?,32+,33?,34?/m0/s1. The van der Waals surface area contributed by atoms with Gasteiger partial charge in [-0.2, -0.15) is 0 Å². The third-order valence-corrected chi connectivity index (χ3v) is 8.61. The molecule has 0 aliphatic carbocycles. The van der Waals surface area contributed by atoms with E-state index in [-0.39, 0.29) is 18.2 Å². The molecule has 1 aliphatic heterocycles. The highest BCUT2D eigenvalue weighted by molar-refractivity contribution is 5.90. The largest absolute Gasteiger partial charge is 0.455 e. The molecule has 0 radical (unpaired) electrons. The van der Waals surface area contributed by atoms with Crippen LogP contribution >= 0.6 is 0 Å². The van der Waals surface area contributed by atoms with Crippen LogP contribution in [0.5, 0.6) is 0 Å². The minimum Gasteiger partial charge on any atom is -0.455 e. The quantitative estimate of drug-likeness (QED) is 0.0525. The number of esters is 1. The van der Waals surface area contributed by atoms with Crippen molar-refractivity contribution >= 4 is 5.97 Å². The fourth-order valence-electron chi connectivity index (χ4n) is 5.88. The summed E-state index contributed by atoms with van der Waals surface area (Å²) in [4.78, 5) is 11.6. The molecule has 0 saturated carbocycles. The topological polar surface area (TPSA) is 107 Å². The van der Waals surface area contributed by atoms with Gasteiger partial charge in [0.1, 0.15) is 6.10 Å². The van der Waals surface area contributed by atoms with Crippen molar-refractivity contribution in [1.29, 1.82) is 0 Å². The fraction of sp³-hybridized carbons (Fsp3) is 0.914. The molecule has 3 unspecified atom stereocenters. The highest BCUT2D eigenvalue weighted by atomic mass is 16.5. The van der Waals surface area contributed by atoms with Gasteiger partial charge >= 0.3 is 5.97 Å². The Hall–Kier alpha value is -0.950. The fourth-order valence-corrected chi connectivity index (χ4v) is 5.88. The molecule has 0 fully saturated rings. The van der Waals surface area contributed by atoms with Gasteiger partial charge in [0, 0.05) is 12.0 Å². The molecule has 0 aromatic rings. The lowest BCUT2D eigenvalue weighted by Gasteiger charge is -2.17. The summed E-state index contributed by atoms with van der Waals surface area (Å²) in [5.41, 5.74) is 0.584. The van der Waals surface area contributed by atoms with Crippen molar-refractivity contribution in [2.75, 3.05) is 0 Å². The van der Waals surface area contributed by atoms with E-state index in [1.165, 1.54) is 64.2 Å². The van der Waals surface area contributed by atoms with Gasteiger partial charge in [-0.1, -0.05) is 129 Å². The summed E-state index contributed by atoms with van der Waals surface area (Å²) in [7, 11) is 0. The molecule has 1 aliphatic rings. The van der Waals surface area contributed by atoms with Crippen molar-refractivity contribution in [2.45, 2.75) is 205 Å². The number of aliphatic hydroxyl groups is 4. The lowest BCUT2D eigenvalue weighted by Crippen LogP contribution is -2.25. The first-order valence-corrected chi connectivity index (χ1v) is 17.5. The summed E-state index contributed by atoms with van der Waals surface area (Å²) in [6.07, 6.45) is 26.0. The number of hydrogen-bond acceptors (Lipinski definition) is 6. The molecular weight excluding hydrogens is 516 g/mol. The molecule has 41 heavy (non-hydrogen) atoms. The van der Waals surface area contributed by atoms with Crippen molar-refractivity contribution < 1.29 is 30.0 Å². The van der Waals surface area contributed by atoms with Gasteiger partial charge in [0.25, 0.3) is 0 Å². The van der Waals surface area contributed by atoms with Crippen molar-refractivity contribution in [1.82, 2.24) is 0 Å². The normalized spacial score (nSPS) is 18.2. The van der Waals surface area contributed by atoms with Gasteiger partial charge in [0.2, 0.25) is 0 Å². The maximum atomic E-state index is 11.6. The monoisotopic (exact) mass is 582 g/mol. The number of carbonyl (C=O) groups excluding carboxylic acids is 1. The predicted molar refractivity (Wildman–Crippen MR) is 169 cm³/mol. The van der Waals surface area contributed by atoms with Crippen LogP contribution in [0.15, 0.2) is 11.6 Å². The van der Waals surface area contributed by atoms with Crippen LogP contribution in [0.2, 0.25) is 0 Å². The number of cyclic esters (lactones) is 1. The summed E-state index contributed by atoms with van der Waals surface area (Å²) in [6.45, 7) is 4.08. The lowest BCUT2D eigenvalue weighted by atomic mass is 9.98. The predicted octanol–water partition coefficient (Wildman–Crippen LogP) is 8.07. The van der Waals surface area contributed by atoms with E-state index < -0.39 is 18.3 Å². The zero-order valence-corrected chi connectivity index (χ0v) is 26.7. The van der Waals surface area contributed by atoms with Crippen LogP contribution < -0.4 is 0 Å². The van der Waals surface area contributed by atoms with Crippen molar-refractivity contribution in [3.8, 4) is 0 Å². The Morgan fingerprint density at radius 2 is 0.951 bits per heavy atom. The first-order valence-electron chi connectivity index (χ1n) is 17.5. The molecule has 4 N–H and O–H groups in total. The molecule has 1 rings (SSSR count). The second-order valence-electron chi connectivity index (χ2n) is 12.8. The van der Waals surface area contributed by atoms with Crippen LogP contribution in [0.25, 0.3) is 0 Å². The molecular formula is C35H66O6. The van der Waals surface area contributed by atoms with E-state index in [4.69, 9.17) is 4.74 Å². The Labute approximate surface area is 252 Å². The zero-order valence-electron chi connectivity index (χ0n) is 26.7. The van der Waals surface area contributed by atoms with Crippen molar-refractivity contribution in [3.05, 3.63) is 11.6 Å². The van der Waals surface area contributed by atoms with Gasteiger partial charge in [-0.25, -0.2) is 4.79 Å². The number of carbonyl (C=O) groups is 1. The van der Waals surface area contributed by atoms with Gasteiger partial charge in [-0.3, -0.25) is 0 Å². The molecule has 242 valence electrons. The van der Waals surface area contributed by atoms with Crippen molar-refractivity contribution in [2.24, 2.45) is 0 Å². The SMILES string of the molecule is CCCCCCCCCCCCCCC(O)C(O)CCCCCCC(O)CCCCC[C@@H](O)CC1=C[C@H](C)OC1=O. The molecule has 1 heterocycles. The Morgan fingerprint density at radius 1 is 0.585 bits per heavy atom. The van der Waals surface area contributed by atoms with Gasteiger partial charge in [0.05, 0.1) is 24.4 Å². The second-order valence-corrected chi connectivity index (χ2v) is 12.8. The third-order valence-electron chi connectivity index (χ3n) is 8.61. The lowest BCUT2D eigenvalue weighted by molar-refractivity contribution is -0.139. The number of unbranched alkanes of at least 4 members (excludes halogenated alkanes) is 16. The van der Waals surface area contributed by atoms with E-state index in [2.05, 4.69) is 6.92 Å². The minimum absolute atomic E-state index is 0.190. The van der Waals surface area contributed by atoms with E-state index in [0.29, 0.717) is 31.3 Å². The Bertz CT molecular complexity index is 651. The van der Waals surface area contributed by atoms with E-state index in [1.807, 2.05) is 6.92 Å². The maximum absolute atomic E-state index is 11.6. The minimum atomic E-state index is -0.612. The van der Waals surface area contributed by atoms with E-state index in [9.17, 15) is 25.2 Å². The van der Waals surface area contributed by atoms with Crippen LogP contribution in [0.1, 0.15) is 174 Å². The number of hydrogen-bond donors (Lipinski definition) is 4. The summed E-state index contributed by atoms with van der Waals surface area (Å²) in [5, 5.41) is 41.0. The van der Waals surface area contributed by atoms with E-state index in [0.717, 1.165) is 70.6 Å². The van der Waals surface area contributed by atoms with E-state index in [1.54, 1.807) is 6.08 Å². The summed E-state index contributed by atoms with van der Waals surface area (Å²) in [5.74, 6) is -0.307. The van der Waals surface area contributed by atoms with Crippen molar-refractivity contribution in [3.63, 3.8) is 0 Å². The summed E-state index contributed by atoms with van der Waals surface area (Å²) >= 11 is 0. The molecule has 5 atom stereocenters. The number of aliphatic hydroxyl groups excluding tert-OH is 4. The van der Waals surface area contributed by atoms with Gasteiger partial charge in [-0.05, 0) is 45.1 Å². The Balaban J connectivity index is 1.87. The molecule has 0 saturated heterocycles. The van der Waals surface area contributed by atoms with E-state index >= 15 is 0 Å². The molecule has 0 bridgehead atoms. The second kappa shape index (κ2) is 25.5. The average Bonchev–Trinajstić information content (AvgIpc) is 3.26. The van der Waals surface area contributed by atoms with Crippen LogP contribution in [-0.4, -0.2) is 56.9 Å². The summed E-state index contributed by atoms with van der Waals surface area (Å²) < 4.78 is 5.06. The van der Waals surface area contributed by atoms with Crippen LogP contribution in [0.4, 0.5) is 0 Å².